The van der Waals surface area contributed by atoms with E-state index in [1.165, 1.54) is 120 Å². The Morgan fingerprint density at radius 1 is 0.400 bits per heavy atom. The van der Waals surface area contributed by atoms with Crippen molar-refractivity contribution in [3.05, 3.63) is 22.8 Å². The first-order valence-electron chi connectivity index (χ1n) is 13.6. The average Bonchev–Trinajstić information content (AvgIpc) is 2.74. The maximum Gasteiger partial charge on any atom is 0.128 e. The van der Waals surface area contributed by atoms with Crippen LogP contribution in [-0.2, 0) is 25.7 Å². The lowest BCUT2D eigenvalue weighted by atomic mass is 9.96. The van der Waals surface area contributed by atoms with Crippen LogP contribution in [0, 0.1) is 0 Å². The van der Waals surface area contributed by atoms with Gasteiger partial charge in [-0.25, -0.2) is 9.97 Å². The van der Waals surface area contributed by atoms with Crippen LogP contribution in [0.5, 0.6) is 0 Å². The van der Waals surface area contributed by atoms with Gasteiger partial charge in [0.15, 0.2) is 0 Å². The average molecular weight is 417 g/mol. The predicted octanol–water partition coefficient (Wildman–Crippen LogP) is 8.97. The number of unbranched alkanes of at least 4 members (excludes halogenated alkanes) is 12. The maximum absolute atomic E-state index is 5.10. The van der Waals surface area contributed by atoms with E-state index >= 15 is 0 Å². The summed E-state index contributed by atoms with van der Waals surface area (Å²) >= 11 is 0. The summed E-state index contributed by atoms with van der Waals surface area (Å²) in [5.41, 5.74) is 4.35. The van der Waals surface area contributed by atoms with Crippen molar-refractivity contribution >= 4 is 0 Å². The smallest absolute Gasteiger partial charge is 0.128 e. The Morgan fingerprint density at radius 2 is 0.800 bits per heavy atom. The summed E-state index contributed by atoms with van der Waals surface area (Å²) in [4.78, 5) is 10.2. The van der Waals surface area contributed by atoms with Gasteiger partial charge in [0, 0.05) is 17.8 Å². The fourth-order valence-corrected chi connectivity index (χ4v) is 4.37. The van der Waals surface area contributed by atoms with Gasteiger partial charge in [0.25, 0.3) is 0 Å². The second-order valence-electron chi connectivity index (χ2n) is 9.25. The van der Waals surface area contributed by atoms with Crippen molar-refractivity contribution in [1.82, 2.24) is 9.97 Å². The van der Waals surface area contributed by atoms with E-state index in [1.807, 2.05) is 0 Å². The van der Waals surface area contributed by atoms with Gasteiger partial charge in [-0.3, -0.25) is 0 Å². The lowest BCUT2D eigenvalue weighted by Crippen LogP contribution is -2.11. The summed E-state index contributed by atoms with van der Waals surface area (Å²) < 4.78 is 0. The Labute approximate surface area is 189 Å². The van der Waals surface area contributed by atoms with Gasteiger partial charge >= 0.3 is 0 Å². The number of hydrogen-bond donors (Lipinski definition) is 0. The maximum atomic E-state index is 5.10. The monoisotopic (exact) mass is 416 g/mol. The third kappa shape index (κ3) is 12.1. The number of aryl methyl sites for hydroxylation is 3. The summed E-state index contributed by atoms with van der Waals surface area (Å²) in [6.07, 6.45) is 25.9. The molecule has 0 aliphatic rings. The van der Waals surface area contributed by atoms with Crippen molar-refractivity contribution in [3.8, 4) is 0 Å². The largest absolute Gasteiger partial charge is 0.238 e. The number of hydrogen-bond acceptors (Lipinski definition) is 2. The van der Waals surface area contributed by atoms with Crippen molar-refractivity contribution in [3.63, 3.8) is 0 Å². The Bertz CT molecular complexity index is 488. The van der Waals surface area contributed by atoms with Crippen LogP contribution in [0.25, 0.3) is 0 Å². The standard InChI is InChI=1S/C28H52N2/c1-5-9-12-15-18-22-25-26(23-19-16-13-10-6-2)29-28(21-8-4)30-27(25)24-20-17-14-11-7-3/h5-24H2,1-4H3. The Morgan fingerprint density at radius 3 is 1.20 bits per heavy atom. The van der Waals surface area contributed by atoms with Gasteiger partial charge in [-0.1, -0.05) is 105 Å². The van der Waals surface area contributed by atoms with Gasteiger partial charge in [-0.05, 0) is 50.5 Å². The van der Waals surface area contributed by atoms with Crippen LogP contribution in [0.15, 0.2) is 0 Å². The Balaban J connectivity index is 2.87. The van der Waals surface area contributed by atoms with E-state index in [0.717, 1.165) is 31.5 Å². The molecule has 174 valence electrons. The molecule has 0 aliphatic heterocycles. The molecule has 0 bridgehead atoms. The minimum absolute atomic E-state index is 1.03. The first-order valence-corrected chi connectivity index (χ1v) is 13.6. The van der Waals surface area contributed by atoms with Crippen LogP contribution in [0.3, 0.4) is 0 Å². The molecule has 2 nitrogen and oxygen atoms in total. The quantitative estimate of drug-likeness (QED) is 0.198. The fourth-order valence-electron chi connectivity index (χ4n) is 4.37. The van der Waals surface area contributed by atoms with Crippen molar-refractivity contribution < 1.29 is 0 Å². The lowest BCUT2D eigenvalue weighted by molar-refractivity contribution is 0.598. The van der Waals surface area contributed by atoms with Crippen molar-refractivity contribution in [2.75, 3.05) is 0 Å². The Hall–Kier alpha value is -0.920. The summed E-state index contributed by atoms with van der Waals surface area (Å²) in [7, 11) is 0. The molecule has 0 unspecified atom stereocenters. The second-order valence-corrected chi connectivity index (χ2v) is 9.25. The molecule has 0 fully saturated rings. The minimum atomic E-state index is 1.03. The molecule has 0 saturated heterocycles. The van der Waals surface area contributed by atoms with Gasteiger partial charge in [0.2, 0.25) is 0 Å². The molecule has 2 heteroatoms. The SMILES string of the molecule is CCCCCCCc1nc(CCC)nc(CCCCCCC)c1CCCCCCC. The zero-order valence-corrected chi connectivity index (χ0v) is 21.0. The summed E-state index contributed by atoms with van der Waals surface area (Å²) in [5.74, 6) is 1.11. The summed E-state index contributed by atoms with van der Waals surface area (Å²) in [5, 5.41) is 0. The summed E-state index contributed by atoms with van der Waals surface area (Å²) in [6, 6.07) is 0. The third-order valence-electron chi connectivity index (χ3n) is 6.26. The van der Waals surface area contributed by atoms with Crippen LogP contribution in [0.2, 0.25) is 0 Å². The molecule has 0 aliphatic carbocycles. The molecule has 1 rings (SSSR count). The molecular formula is C28H52N2. The Kier molecular flexibility index (Phi) is 17.0. The van der Waals surface area contributed by atoms with Crippen LogP contribution < -0.4 is 0 Å². The van der Waals surface area contributed by atoms with Crippen LogP contribution in [0.4, 0.5) is 0 Å². The van der Waals surface area contributed by atoms with Crippen LogP contribution in [0.1, 0.15) is 153 Å². The molecule has 0 atom stereocenters. The number of nitrogens with zero attached hydrogens (tertiary/aromatic N) is 2. The normalized spacial score (nSPS) is 11.3. The molecule has 0 amide bonds. The highest BCUT2D eigenvalue weighted by Gasteiger charge is 2.14. The highest BCUT2D eigenvalue weighted by atomic mass is 14.9. The lowest BCUT2D eigenvalue weighted by Gasteiger charge is -2.16. The van der Waals surface area contributed by atoms with Gasteiger partial charge in [-0.15, -0.1) is 0 Å². The van der Waals surface area contributed by atoms with Gasteiger partial charge < -0.3 is 0 Å². The van der Waals surface area contributed by atoms with E-state index in [9.17, 15) is 0 Å². The van der Waals surface area contributed by atoms with Crippen LogP contribution >= 0.6 is 0 Å². The molecule has 0 radical (unpaired) electrons. The highest BCUT2D eigenvalue weighted by Crippen LogP contribution is 2.21. The molecule has 0 spiro atoms. The molecule has 1 aromatic rings. The predicted molar refractivity (Wildman–Crippen MR) is 133 cm³/mol. The van der Waals surface area contributed by atoms with E-state index in [0.29, 0.717) is 0 Å². The third-order valence-corrected chi connectivity index (χ3v) is 6.26. The molecule has 1 heterocycles. The number of aromatic nitrogens is 2. The first-order chi connectivity index (χ1) is 14.8. The van der Waals surface area contributed by atoms with E-state index in [4.69, 9.17) is 9.97 Å². The van der Waals surface area contributed by atoms with E-state index in [1.54, 1.807) is 0 Å². The summed E-state index contributed by atoms with van der Waals surface area (Å²) in [6.45, 7) is 9.14. The minimum Gasteiger partial charge on any atom is -0.238 e. The van der Waals surface area contributed by atoms with Gasteiger partial charge in [0.05, 0.1) is 0 Å². The topological polar surface area (TPSA) is 25.8 Å². The highest BCUT2D eigenvalue weighted by molar-refractivity contribution is 5.27. The second kappa shape index (κ2) is 18.8. The molecule has 30 heavy (non-hydrogen) atoms. The molecule has 0 N–H and O–H groups in total. The van der Waals surface area contributed by atoms with Crippen molar-refractivity contribution in [1.29, 1.82) is 0 Å². The molecule has 1 aromatic heterocycles. The van der Waals surface area contributed by atoms with Gasteiger partial charge in [-0.2, -0.15) is 0 Å². The van der Waals surface area contributed by atoms with E-state index in [2.05, 4.69) is 27.7 Å². The zero-order chi connectivity index (χ0) is 21.9. The molecule has 0 saturated carbocycles. The molecular weight excluding hydrogens is 364 g/mol. The van der Waals surface area contributed by atoms with Gasteiger partial charge in [0.1, 0.15) is 5.82 Å². The fraction of sp³-hybridized carbons (Fsp3) is 0.857. The van der Waals surface area contributed by atoms with Crippen molar-refractivity contribution in [2.45, 2.75) is 156 Å². The van der Waals surface area contributed by atoms with E-state index < -0.39 is 0 Å². The van der Waals surface area contributed by atoms with Crippen molar-refractivity contribution in [2.24, 2.45) is 0 Å². The van der Waals surface area contributed by atoms with Crippen LogP contribution in [-0.4, -0.2) is 9.97 Å². The zero-order valence-electron chi connectivity index (χ0n) is 21.0. The number of rotatable bonds is 20. The first kappa shape index (κ1) is 27.1. The van der Waals surface area contributed by atoms with E-state index in [-0.39, 0.29) is 0 Å². The molecule has 0 aromatic carbocycles.